The minimum Gasteiger partial charge on any atom is -0.383 e. The Morgan fingerprint density at radius 2 is 2.19 bits per heavy atom. The van der Waals surface area contributed by atoms with E-state index in [2.05, 4.69) is 24.1 Å². The number of primary amides is 1. The maximum atomic E-state index is 12.0. The second-order valence-corrected chi connectivity index (χ2v) is 6.75. The molecule has 21 heavy (non-hydrogen) atoms. The van der Waals surface area contributed by atoms with Crippen LogP contribution in [0.3, 0.4) is 0 Å². The molecule has 0 aliphatic heterocycles. The number of carbonyl (C=O) groups is 1. The van der Waals surface area contributed by atoms with Gasteiger partial charge in [0.05, 0.1) is 12.1 Å². The van der Waals surface area contributed by atoms with E-state index in [1.807, 2.05) is 0 Å². The number of carbonyl (C=O) groups excluding carboxylic acids is 1. The van der Waals surface area contributed by atoms with Gasteiger partial charge in [0.25, 0.3) is 0 Å². The number of nitrogens with zero attached hydrogens (tertiary/aromatic N) is 1. The highest BCUT2D eigenvalue weighted by molar-refractivity contribution is 5.85. The van der Waals surface area contributed by atoms with Gasteiger partial charge in [0, 0.05) is 31.8 Å². The van der Waals surface area contributed by atoms with Crippen LogP contribution in [0.15, 0.2) is 0 Å². The molecule has 2 aliphatic rings. The smallest absolute Gasteiger partial charge is 0.237 e. The van der Waals surface area contributed by atoms with E-state index in [-0.39, 0.29) is 5.91 Å². The molecule has 3 atom stereocenters. The van der Waals surface area contributed by atoms with E-state index >= 15 is 0 Å². The zero-order valence-corrected chi connectivity index (χ0v) is 13.7. The maximum absolute atomic E-state index is 12.0. The summed E-state index contributed by atoms with van der Waals surface area (Å²) in [6.45, 7) is 6.13. The molecule has 5 nitrogen and oxygen atoms in total. The molecule has 3 N–H and O–H groups in total. The molecule has 1 amide bonds. The van der Waals surface area contributed by atoms with Crippen LogP contribution < -0.4 is 11.1 Å². The Balaban J connectivity index is 2.03. The SMILES string of the molecule is CCC(C)N(CCOC)C1CCC(NC2CC2)(C(N)=O)C1. The Labute approximate surface area is 128 Å². The molecule has 122 valence electrons. The summed E-state index contributed by atoms with van der Waals surface area (Å²) in [5.41, 5.74) is 5.25. The van der Waals surface area contributed by atoms with Crippen molar-refractivity contribution in [3.8, 4) is 0 Å². The fourth-order valence-electron chi connectivity index (χ4n) is 3.54. The normalized spacial score (nSPS) is 30.8. The van der Waals surface area contributed by atoms with Gasteiger partial charge in [0.15, 0.2) is 0 Å². The summed E-state index contributed by atoms with van der Waals surface area (Å²) in [4.78, 5) is 14.5. The zero-order chi connectivity index (χ0) is 15.5. The van der Waals surface area contributed by atoms with Crippen LogP contribution in [0.25, 0.3) is 0 Å². The lowest BCUT2D eigenvalue weighted by molar-refractivity contribution is -0.124. The van der Waals surface area contributed by atoms with Crippen molar-refractivity contribution < 1.29 is 9.53 Å². The molecule has 3 unspecified atom stereocenters. The maximum Gasteiger partial charge on any atom is 0.237 e. The van der Waals surface area contributed by atoms with Crippen LogP contribution in [0.1, 0.15) is 52.4 Å². The van der Waals surface area contributed by atoms with Crippen molar-refractivity contribution in [1.29, 1.82) is 0 Å². The predicted octanol–water partition coefficient (Wildman–Crippen LogP) is 1.26. The van der Waals surface area contributed by atoms with Crippen molar-refractivity contribution in [3.05, 3.63) is 0 Å². The minimum absolute atomic E-state index is 0.173. The highest BCUT2D eigenvalue weighted by atomic mass is 16.5. The van der Waals surface area contributed by atoms with E-state index in [1.165, 1.54) is 12.8 Å². The van der Waals surface area contributed by atoms with E-state index in [4.69, 9.17) is 10.5 Å². The molecule has 0 spiro atoms. The standard InChI is InChI=1S/C16H31N3O2/c1-4-12(2)19(9-10-21-3)14-7-8-16(11-14,15(17)20)18-13-5-6-13/h12-14,18H,4-11H2,1-3H3,(H2,17,20). The Bertz CT molecular complexity index is 359. The molecule has 0 saturated heterocycles. The molecule has 0 bridgehead atoms. The molecule has 0 aromatic heterocycles. The van der Waals surface area contributed by atoms with E-state index in [1.54, 1.807) is 7.11 Å². The molecule has 0 aromatic rings. The van der Waals surface area contributed by atoms with E-state index in [0.717, 1.165) is 38.8 Å². The number of hydrogen-bond acceptors (Lipinski definition) is 4. The largest absolute Gasteiger partial charge is 0.383 e. The van der Waals surface area contributed by atoms with Crippen LogP contribution in [0.2, 0.25) is 0 Å². The lowest BCUT2D eigenvalue weighted by Gasteiger charge is -2.35. The first-order chi connectivity index (χ1) is 10.0. The molecule has 0 heterocycles. The van der Waals surface area contributed by atoms with E-state index < -0.39 is 5.54 Å². The molecule has 2 fully saturated rings. The molecule has 5 heteroatoms. The first-order valence-corrected chi connectivity index (χ1v) is 8.34. The molecule has 2 rings (SSSR count). The number of rotatable bonds is 9. The van der Waals surface area contributed by atoms with Crippen LogP contribution in [0, 0.1) is 0 Å². The quantitative estimate of drug-likeness (QED) is 0.672. The Hall–Kier alpha value is -0.650. The van der Waals surface area contributed by atoms with Crippen LogP contribution in [0.4, 0.5) is 0 Å². The summed E-state index contributed by atoms with van der Waals surface area (Å²) < 4.78 is 5.25. The zero-order valence-electron chi connectivity index (χ0n) is 13.7. The second kappa shape index (κ2) is 7.07. The van der Waals surface area contributed by atoms with Gasteiger partial charge in [-0.2, -0.15) is 0 Å². The first-order valence-electron chi connectivity index (χ1n) is 8.34. The van der Waals surface area contributed by atoms with Crippen molar-refractivity contribution in [2.75, 3.05) is 20.3 Å². The number of hydrogen-bond donors (Lipinski definition) is 2. The third-order valence-electron chi connectivity index (χ3n) is 5.20. The van der Waals surface area contributed by atoms with Gasteiger partial charge in [0.1, 0.15) is 0 Å². The molecule has 2 aliphatic carbocycles. The van der Waals surface area contributed by atoms with Gasteiger partial charge in [0.2, 0.25) is 5.91 Å². The van der Waals surface area contributed by atoms with Gasteiger partial charge in [-0.3, -0.25) is 9.69 Å². The predicted molar refractivity (Wildman–Crippen MR) is 84.1 cm³/mol. The third-order valence-corrected chi connectivity index (χ3v) is 5.20. The van der Waals surface area contributed by atoms with Gasteiger partial charge in [-0.25, -0.2) is 0 Å². The van der Waals surface area contributed by atoms with Gasteiger partial charge in [-0.15, -0.1) is 0 Å². The van der Waals surface area contributed by atoms with Gasteiger partial charge < -0.3 is 15.8 Å². The summed E-state index contributed by atoms with van der Waals surface area (Å²) in [5.74, 6) is -0.173. The summed E-state index contributed by atoms with van der Waals surface area (Å²) in [6.07, 6.45) is 6.21. The van der Waals surface area contributed by atoms with Gasteiger partial charge >= 0.3 is 0 Å². The number of nitrogens with one attached hydrogen (secondary N) is 1. The number of amides is 1. The van der Waals surface area contributed by atoms with Crippen molar-refractivity contribution in [2.24, 2.45) is 5.73 Å². The Morgan fingerprint density at radius 3 is 2.71 bits per heavy atom. The first kappa shape index (κ1) is 16.7. The van der Waals surface area contributed by atoms with Crippen molar-refractivity contribution >= 4 is 5.91 Å². The Morgan fingerprint density at radius 1 is 1.48 bits per heavy atom. The second-order valence-electron chi connectivity index (χ2n) is 6.75. The Kier molecular flexibility index (Phi) is 5.63. The summed E-state index contributed by atoms with van der Waals surface area (Å²) in [7, 11) is 1.74. The average molecular weight is 297 g/mol. The topological polar surface area (TPSA) is 67.6 Å². The van der Waals surface area contributed by atoms with Crippen LogP contribution >= 0.6 is 0 Å². The van der Waals surface area contributed by atoms with E-state index in [0.29, 0.717) is 18.1 Å². The number of ether oxygens (including phenoxy) is 1. The van der Waals surface area contributed by atoms with Crippen molar-refractivity contribution in [2.45, 2.75) is 76.0 Å². The van der Waals surface area contributed by atoms with Crippen LogP contribution in [0.5, 0.6) is 0 Å². The fraction of sp³-hybridized carbons (Fsp3) is 0.938. The van der Waals surface area contributed by atoms with Crippen molar-refractivity contribution in [1.82, 2.24) is 10.2 Å². The summed E-state index contributed by atoms with van der Waals surface area (Å²) >= 11 is 0. The third kappa shape index (κ3) is 3.96. The number of methoxy groups -OCH3 is 1. The molecule has 2 saturated carbocycles. The lowest BCUT2D eigenvalue weighted by Crippen LogP contribution is -2.56. The molecular formula is C16H31N3O2. The monoisotopic (exact) mass is 297 g/mol. The molecule has 0 aromatic carbocycles. The fourth-order valence-corrected chi connectivity index (χ4v) is 3.54. The van der Waals surface area contributed by atoms with Crippen LogP contribution in [-0.2, 0) is 9.53 Å². The minimum atomic E-state index is -0.482. The van der Waals surface area contributed by atoms with Crippen molar-refractivity contribution in [3.63, 3.8) is 0 Å². The van der Waals surface area contributed by atoms with Crippen LogP contribution in [-0.4, -0.2) is 54.7 Å². The lowest BCUT2D eigenvalue weighted by atomic mass is 9.95. The van der Waals surface area contributed by atoms with Gasteiger partial charge in [-0.1, -0.05) is 6.92 Å². The molecule has 0 radical (unpaired) electrons. The van der Waals surface area contributed by atoms with Gasteiger partial charge in [-0.05, 0) is 45.4 Å². The average Bonchev–Trinajstić information content (AvgIpc) is 3.17. The summed E-state index contributed by atoms with van der Waals surface area (Å²) in [6, 6.07) is 1.44. The number of nitrogens with two attached hydrogens (primary N) is 1. The highest BCUT2D eigenvalue weighted by Crippen LogP contribution is 2.37. The molecular weight excluding hydrogens is 266 g/mol. The highest BCUT2D eigenvalue weighted by Gasteiger charge is 2.48. The summed E-state index contributed by atoms with van der Waals surface area (Å²) in [5, 5.41) is 3.53. The van der Waals surface area contributed by atoms with E-state index in [9.17, 15) is 4.79 Å².